The molecule has 0 aliphatic heterocycles. The minimum absolute atomic E-state index is 0.00786. The Kier molecular flexibility index (Phi) is 6.23. The van der Waals surface area contributed by atoms with Crippen LogP contribution < -0.4 is 16.4 Å². The van der Waals surface area contributed by atoms with Gasteiger partial charge in [0.15, 0.2) is 5.69 Å². The van der Waals surface area contributed by atoms with Gasteiger partial charge in [0.05, 0.1) is 18.3 Å². The molecule has 3 aromatic rings. The highest BCUT2D eigenvalue weighted by atomic mass is 19.4. The maximum atomic E-state index is 14.0. The van der Waals surface area contributed by atoms with Crippen LogP contribution in [0.5, 0.6) is 0 Å². The number of nitrogens with one attached hydrogen (secondary N) is 2. The molecule has 0 bridgehead atoms. The number of rotatable bonds is 6. The normalized spacial score (nSPS) is 11.1. The first-order chi connectivity index (χ1) is 15.1. The van der Waals surface area contributed by atoms with Crippen molar-refractivity contribution in [3.8, 4) is 5.69 Å². The van der Waals surface area contributed by atoms with E-state index in [2.05, 4.69) is 15.7 Å². The number of anilines is 1. The minimum atomic E-state index is -5.03. The fourth-order valence-corrected chi connectivity index (χ4v) is 2.80. The Hall–Kier alpha value is -4.22. The number of aromatic nitrogens is 2. The number of amides is 3. The van der Waals surface area contributed by atoms with Crippen molar-refractivity contribution in [2.24, 2.45) is 5.73 Å². The molecule has 3 amide bonds. The van der Waals surface area contributed by atoms with E-state index in [4.69, 9.17) is 5.73 Å². The summed E-state index contributed by atoms with van der Waals surface area (Å²) in [5, 5.41) is 8.05. The Morgan fingerprint density at radius 3 is 2.41 bits per heavy atom. The summed E-state index contributed by atoms with van der Waals surface area (Å²) in [6, 6.07) is 9.97. The van der Waals surface area contributed by atoms with Gasteiger partial charge in [-0.2, -0.15) is 18.3 Å². The van der Waals surface area contributed by atoms with E-state index in [0.717, 1.165) is 12.1 Å². The molecule has 0 radical (unpaired) electrons. The van der Waals surface area contributed by atoms with E-state index < -0.39 is 53.2 Å². The summed E-state index contributed by atoms with van der Waals surface area (Å²) in [7, 11) is 0. The lowest BCUT2D eigenvalue weighted by Gasteiger charge is -2.13. The third kappa shape index (κ3) is 4.91. The van der Waals surface area contributed by atoms with Crippen LogP contribution in [0.2, 0.25) is 0 Å². The van der Waals surface area contributed by atoms with Gasteiger partial charge >= 0.3 is 6.18 Å². The molecule has 0 atom stereocenters. The standard InChI is InChI=1S/C20H15F4N5O3/c21-14-6-1-2-7-15(14)29-17(20(22,23)24)13(9-27-29)19(32)28-12-5-3-4-11(8-12)18(31)26-10-16(25)30/h1-9H,10H2,(H2,25,30)(H,26,31)(H,28,32). The van der Waals surface area contributed by atoms with Gasteiger partial charge in [0, 0.05) is 11.3 Å². The van der Waals surface area contributed by atoms with Gasteiger partial charge in [-0.3, -0.25) is 14.4 Å². The monoisotopic (exact) mass is 449 g/mol. The lowest BCUT2D eigenvalue weighted by molar-refractivity contribution is -0.143. The van der Waals surface area contributed by atoms with Crippen molar-refractivity contribution in [2.75, 3.05) is 11.9 Å². The number of hydrogen-bond acceptors (Lipinski definition) is 4. The van der Waals surface area contributed by atoms with Gasteiger partial charge in [0.2, 0.25) is 5.91 Å². The van der Waals surface area contributed by atoms with Gasteiger partial charge in [0.25, 0.3) is 11.8 Å². The van der Waals surface area contributed by atoms with Crippen molar-refractivity contribution in [3.05, 3.63) is 77.4 Å². The molecule has 12 heteroatoms. The predicted molar refractivity (Wildman–Crippen MR) is 104 cm³/mol. The average molecular weight is 449 g/mol. The van der Waals surface area contributed by atoms with Crippen LogP contribution in [-0.4, -0.2) is 34.0 Å². The van der Waals surface area contributed by atoms with Gasteiger partial charge in [-0.05, 0) is 30.3 Å². The predicted octanol–water partition coefficient (Wildman–Crippen LogP) is 2.50. The van der Waals surface area contributed by atoms with E-state index in [9.17, 15) is 31.9 Å². The molecule has 3 rings (SSSR count). The molecule has 8 nitrogen and oxygen atoms in total. The number of carbonyl (C=O) groups is 3. The third-order valence-electron chi connectivity index (χ3n) is 4.17. The summed E-state index contributed by atoms with van der Waals surface area (Å²) >= 11 is 0. The molecule has 0 fully saturated rings. The van der Waals surface area contributed by atoms with E-state index in [1.54, 1.807) is 0 Å². The van der Waals surface area contributed by atoms with Crippen LogP contribution >= 0.6 is 0 Å². The Labute approximate surface area is 178 Å². The molecule has 0 spiro atoms. The van der Waals surface area contributed by atoms with Crippen LogP contribution in [0.3, 0.4) is 0 Å². The molecule has 0 aliphatic carbocycles. The fraction of sp³-hybridized carbons (Fsp3) is 0.100. The first-order valence-electron chi connectivity index (χ1n) is 8.96. The quantitative estimate of drug-likeness (QED) is 0.501. The number of carbonyl (C=O) groups excluding carboxylic acids is 3. The van der Waals surface area contributed by atoms with Crippen LogP contribution in [0.1, 0.15) is 26.4 Å². The number of benzene rings is 2. The van der Waals surface area contributed by atoms with Crippen LogP contribution in [0.25, 0.3) is 5.69 Å². The summed E-state index contributed by atoms with van der Waals surface area (Å²) in [4.78, 5) is 35.4. The second kappa shape index (κ2) is 8.88. The van der Waals surface area contributed by atoms with Gasteiger partial charge in [-0.15, -0.1) is 0 Å². The van der Waals surface area contributed by atoms with Crippen molar-refractivity contribution in [1.82, 2.24) is 15.1 Å². The molecular formula is C20H15F4N5O3. The molecule has 0 aliphatic rings. The van der Waals surface area contributed by atoms with Gasteiger partial charge in [0.1, 0.15) is 11.5 Å². The second-order valence-corrected chi connectivity index (χ2v) is 6.45. The zero-order valence-corrected chi connectivity index (χ0v) is 16.1. The first-order valence-corrected chi connectivity index (χ1v) is 8.96. The number of nitrogens with zero attached hydrogens (tertiary/aromatic N) is 2. The van der Waals surface area contributed by atoms with Crippen molar-refractivity contribution in [1.29, 1.82) is 0 Å². The summed E-state index contributed by atoms with van der Waals surface area (Å²) in [5.41, 5.74) is 2.20. The van der Waals surface area contributed by atoms with Gasteiger partial charge in [-0.25, -0.2) is 9.07 Å². The van der Waals surface area contributed by atoms with Gasteiger partial charge in [-0.1, -0.05) is 18.2 Å². The van der Waals surface area contributed by atoms with Gasteiger partial charge < -0.3 is 16.4 Å². The minimum Gasteiger partial charge on any atom is -0.368 e. The van der Waals surface area contributed by atoms with E-state index in [-0.39, 0.29) is 11.3 Å². The molecule has 0 unspecified atom stereocenters. The number of halogens is 4. The third-order valence-corrected chi connectivity index (χ3v) is 4.17. The zero-order chi connectivity index (χ0) is 23.5. The number of alkyl halides is 3. The van der Waals surface area contributed by atoms with E-state index in [1.807, 2.05) is 0 Å². The van der Waals surface area contributed by atoms with Crippen LogP contribution in [-0.2, 0) is 11.0 Å². The van der Waals surface area contributed by atoms with E-state index in [0.29, 0.717) is 10.9 Å². The van der Waals surface area contributed by atoms with Crippen molar-refractivity contribution in [2.45, 2.75) is 6.18 Å². The highest BCUT2D eigenvalue weighted by molar-refractivity contribution is 6.06. The number of nitrogens with two attached hydrogens (primary N) is 1. The highest BCUT2D eigenvalue weighted by Crippen LogP contribution is 2.34. The Bertz CT molecular complexity index is 1190. The second-order valence-electron chi connectivity index (χ2n) is 6.45. The van der Waals surface area contributed by atoms with E-state index >= 15 is 0 Å². The molecule has 4 N–H and O–H groups in total. The Morgan fingerprint density at radius 1 is 1.03 bits per heavy atom. The van der Waals surface area contributed by atoms with Crippen molar-refractivity contribution in [3.63, 3.8) is 0 Å². The highest BCUT2D eigenvalue weighted by Gasteiger charge is 2.41. The number of hydrogen-bond donors (Lipinski definition) is 3. The summed E-state index contributed by atoms with van der Waals surface area (Å²) in [6.07, 6.45) is -4.35. The van der Waals surface area contributed by atoms with Crippen LogP contribution in [0.15, 0.2) is 54.7 Å². The number of primary amides is 1. The van der Waals surface area contributed by atoms with E-state index in [1.165, 1.54) is 36.4 Å². The summed E-state index contributed by atoms with van der Waals surface area (Å²) in [5.74, 6) is -3.57. The lowest BCUT2D eigenvalue weighted by Crippen LogP contribution is -2.33. The van der Waals surface area contributed by atoms with Crippen LogP contribution in [0.4, 0.5) is 23.2 Å². The Morgan fingerprint density at radius 2 is 1.75 bits per heavy atom. The Balaban J connectivity index is 1.91. The van der Waals surface area contributed by atoms with Crippen molar-refractivity contribution >= 4 is 23.4 Å². The maximum absolute atomic E-state index is 14.0. The number of para-hydroxylation sites is 1. The summed E-state index contributed by atoms with van der Waals surface area (Å²) < 4.78 is 55.5. The molecule has 166 valence electrons. The molecule has 32 heavy (non-hydrogen) atoms. The molecular weight excluding hydrogens is 434 g/mol. The van der Waals surface area contributed by atoms with Crippen LogP contribution in [0, 0.1) is 5.82 Å². The fourth-order valence-electron chi connectivity index (χ4n) is 2.80. The SMILES string of the molecule is NC(=O)CNC(=O)c1cccc(NC(=O)c2cnn(-c3ccccc3F)c2C(F)(F)F)c1. The first kappa shape index (κ1) is 22.5. The smallest absolute Gasteiger partial charge is 0.368 e. The molecule has 2 aromatic carbocycles. The molecule has 1 aromatic heterocycles. The zero-order valence-electron chi connectivity index (χ0n) is 16.1. The molecule has 0 saturated heterocycles. The molecule has 0 saturated carbocycles. The largest absolute Gasteiger partial charge is 0.434 e. The lowest BCUT2D eigenvalue weighted by atomic mass is 10.1. The topological polar surface area (TPSA) is 119 Å². The summed E-state index contributed by atoms with van der Waals surface area (Å²) in [6.45, 7) is -0.417. The maximum Gasteiger partial charge on any atom is 0.434 e. The average Bonchev–Trinajstić information content (AvgIpc) is 3.18. The van der Waals surface area contributed by atoms with Crippen molar-refractivity contribution < 1.29 is 31.9 Å². The molecule has 1 heterocycles.